The summed E-state index contributed by atoms with van der Waals surface area (Å²) in [5.74, 6) is 1.93. The standard InChI is InChI=1S/C22H22N4O3S/c1-4-11-26-20(17-8-6-5-7-14(17)2)24-25-22(26)30-15(3)21(27)23-16-9-10-18-19(12-16)29-13-28-18/h4-10,12,15H,1,11,13H2,2-3H3,(H,23,27). The van der Waals surface area contributed by atoms with E-state index in [0.717, 1.165) is 17.0 Å². The molecule has 0 saturated carbocycles. The second-order valence-electron chi connectivity index (χ2n) is 6.84. The molecule has 0 fully saturated rings. The summed E-state index contributed by atoms with van der Waals surface area (Å²) in [4.78, 5) is 12.7. The van der Waals surface area contributed by atoms with Gasteiger partial charge in [0.1, 0.15) is 0 Å². The number of nitrogens with one attached hydrogen (secondary N) is 1. The van der Waals surface area contributed by atoms with Crippen molar-refractivity contribution in [3.05, 3.63) is 60.7 Å². The van der Waals surface area contributed by atoms with Crippen molar-refractivity contribution >= 4 is 23.4 Å². The van der Waals surface area contributed by atoms with Gasteiger partial charge >= 0.3 is 0 Å². The van der Waals surface area contributed by atoms with Crippen molar-refractivity contribution in [2.75, 3.05) is 12.1 Å². The van der Waals surface area contributed by atoms with E-state index in [-0.39, 0.29) is 18.0 Å². The molecule has 2 heterocycles. The smallest absolute Gasteiger partial charge is 0.237 e. The lowest BCUT2D eigenvalue weighted by molar-refractivity contribution is -0.115. The first-order valence-electron chi connectivity index (χ1n) is 9.54. The van der Waals surface area contributed by atoms with Gasteiger partial charge in [0.2, 0.25) is 12.7 Å². The summed E-state index contributed by atoms with van der Waals surface area (Å²) >= 11 is 1.36. The molecule has 0 aliphatic carbocycles. The summed E-state index contributed by atoms with van der Waals surface area (Å²) in [7, 11) is 0. The van der Waals surface area contributed by atoms with Gasteiger partial charge in [-0.3, -0.25) is 9.36 Å². The summed E-state index contributed by atoms with van der Waals surface area (Å²) in [5, 5.41) is 11.9. The van der Waals surface area contributed by atoms with Gasteiger partial charge in [0.15, 0.2) is 22.5 Å². The summed E-state index contributed by atoms with van der Waals surface area (Å²) < 4.78 is 12.6. The van der Waals surface area contributed by atoms with Crippen molar-refractivity contribution in [3.63, 3.8) is 0 Å². The zero-order valence-electron chi connectivity index (χ0n) is 16.8. The second-order valence-corrected chi connectivity index (χ2v) is 8.15. The lowest BCUT2D eigenvalue weighted by Gasteiger charge is -2.13. The molecule has 1 aliphatic rings. The van der Waals surface area contributed by atoms with E-state index in [0.29, 0.717) is 28.9 Å². The number of thioether (sulfide) groups is 1. The molecular formula is C22H22N4O3S. The lowest BCUT2D eigenvalue weighted by atomic mass is 10.1. The van der Waals surface area contributed by atoms with Crippen molar-refractivity contribution in [3.8, 4) is 22.9 Å². The number of allylic oxidation sites excluding steroid dienone is 1. The van der Waals surface area contributed by atoms with Gasteiger partial charge in [-0.1, -0.05) is 42.1 Å². The number of amides is 1. The van der Waals surface area contributed by atoms with Crippen LogP contribution in [0.2, 0.25) is 0 Å². The molecule has 0 saturated heterocycles. The number of aromatic nitrogens is 3. The topological polar surface area (TPSA) is 78.3 Å². The van der Waals surface area contributed by atoms with E-state index in [1.165, 1.54) is 11.8 Å². The van der Waals surface area contributed by atoms with E-state index >= 15 is 0 Å². The van der Waals surface area contributed by atoms with E-state index in [1.54, 1.807) is 24.3 Å². The van der Waals surface area contributed by atoms with Crippen LogP contribution in [0, 0.1) is 6.92 Å². The van der Waals surface area contributed by atoms with E-state index < -0.39 is 0 Å². The molecule has 1 aliphatic heterocycles. The molecule has 1 N–H and O–H groups in total. The number of rotatable bonds is 7. The molecule has 7 nitrogen and oxygen atoms in total. The number of hydrogen-bond donors (Lipinski definition) is 1. The molecular weight excluding hydrogens is 400 g/mol. The monoisotopic (exact) mass is 422 g/mol. The Bertz CT molecular complexity index is 1100. The molecule has 154 valence electrons. The predicted octanol–water partition coefficient (Wildman–Crippen LogP) is 4.29. The van der Waals surface area contributed by atoms with Crippen LogP contribution in [-0.4, -0.2) is 32.7 Å². The lowest BCUT2D eigenvalue weighted by Crippen LogP contribution is -2.23. The van der Waals surface area contributed by atoms with E-state index in [2.05, 4.69) is 22.1 Å². The van der Waals surface area contributed by atoms with Gasteiger partial charge in [-0.15, -0.1) is 16.8 Å². The van der Waals surface area contributed by atoms with Crippen molar-refractivity contribution in [2.45, 2.75) is 30.8 Å². The van der Waals surface area contributed by atoms with Gasteiger partial charge in [0, 0.05) is 23.9 Å². The number of carbonyl (C=O) groups excluding carboxylic acids is 1. The summed E-state index contributed by atoms with van der Waals surface area (Å²) in [6, 6.07) is 13.4. The molecule has 8 heteroatoms. The third kappa shape index (κ3) is 4.04. The number of hydrogen-bond acceptors (Lipinski definition) is 6. The maximum atomic E-state index is 12.7. The summed E-state index contributed by atoms with van der Waals surface area (Å²) in [6.07, 6.45) is 1.80. The van der Waals surface area contributed by atoms with Gasteiger partial charge < -0.3 is 14.8 Å². The molecule has 1 aromatic heterocycles. The second kappa shape index (κ2) is 8.62. The van der Waals surface area contributed by atoms with E-state index in [9.17, 15) is 4.79 Å². The zero-order chi connectivity index (χ0) is 21.1. The molecule has 1 unspecified atom stereocenters. The van der Waals surface area contributed by atoms with Crippen LogP contribution in [0.4, 0.5) is 5.69 Å². The zero-order valence-corrected chi connectivity index (χ0v) is 17.6. The van der Waals surface area contributed by atoms with Gasteiger partial charge in [0.25, 0.3) is 0 Å². The fourth-order valence-corrected chi connectivity index (χ4v) is 3.98. The Morgan fingerprint density at radius 2 is 2.07 bits per heavy atom. The largest absolute Gasteiger partial charge is 0.454 e. The number of nitrogens with zero attached hydrogens (tertiary/aromatic N) is 3. The van der Waals surface area contributed by atoms with Crippen molar-refractivity contribution < 1.29 is 14.3 Å². The fourth-order valence-electron chi connectivity index (χ4n) is 3.12. The highest BCUT2D eigenvalue weighted by molar-refractivity contribution is 8.00. The van der Waals surface area contributed by atoms with Crippen LogP contribution in [0.15, 0.2) is 60.3 Å². The van der Waals surface area contributed by atoms with Crippen LogP contribution in [0.5, 0.6) is 11.5 Å². The number of aryl methyl sites for hydroxylation is 1. The van der Waals surface area contributed by atoms with Crippen molar-refractivity contribution in [1.82, 2.24) is 14.8 Å². The maximum absolute atomic E-state index is 12.7. The van der Waals surface area contributed by atoms with E-state index in [4.69, 9.17) is 9.47 Å². The third-order valence-corrected chi connectivity index (χ3v) is 5.79. The highest BCUT2D eigenvalue weighted by Crippen LogP contribution is 2.35. The molecule has 30 heavy (non-hydrogen) atoms. The minimum absolute atomic E-state index is 0.135. The number of benzene rings is 2. The molecule has 4 rings (SSSR count). The predicted molar refractivity (Wildman–Crippen MR) is 117 cm³/mol. The minimum Gasteiger partial charge on any atom is -0.454 e. The number of ether oxygens (including phenoxy) is 2. The van der Waals surface area contributed by atoms with Crippen molar-refractivity contribution in [1.29, 1.82) is 0 Å². The Morgan fingerprint density at radius 1 is 1.27 bits per heavy atom. The first kappa shape index (κ1) is 20.0. The van der Waals surface area contributed by atoms with Gasteiger partial charge in [-0.2, -0.15) is 0 Å². The average molecular weight is 423 g/mol. The fraction of sp³-hybridized carbons (Fsp3) is 0.227. The number of carbonyl (C=O) groups is 1. The van der Waals surface area contributed by atoms with Gasteiger partial charge in [0.05, 0.1) is 5.25 Å². The first-order chi connectivity index (χ1) is 14.6. The first-order valence-corrected chi connectivity index (χ1v) is 10.4. The Balaban J connectivity index is 1.51. The third-order valence-electron chi connectivity index (χ3n) is 4.71. The van der Waals surface area contributed by atoms with Crippen molar-refractivity contribution in [2.24, 2.45) is 0 Å². The minimum atomic E-state index is -0.382. The summed E-state index contributed by atoms with van der Waals surface area (Å²) in [6.45, 7) is 8.47. The Hall–Kier alpha value is -3.26. The highest BCUT2D eigenvalue weighted by Gasteiger charge is 2.22. The van der Waals surface area contributed by atoms with Gasteiger partial charge in [-0.25, -0.2) is 0 Å². The molecule has 0 bridgehead atoms. The van der Waals surface area contributed by atoms with Crippen LogP contribution in [-0.2, 0) is 11.3 Å². The normalized spacial score (nSPS) is 13.1. The number of anilines is 1. The maximum Gasteiger partial charge on any atom is 0.237 e. The Kier molecular flexibility index (Phi) is 5.76. The average Bonchev–Trinajstić information content (AvgIpc) is 3.35. The molecule has 0 radical (unpaired) electrons. The van der Waals surface area contributed by atoms with Crippen LogP contribution >= 0.6 is 11.8 Å². The van der Waals surface area contributed by atoms with Crippen LogP contribution in [0.25, 0.3) is 11.4 Å². The Labute approximate surface area is 179 Å². The van der Waals surface area contributed by atoms with E-state index in [1.807, 2.05) is 42.7 Å². The quantitative estimate of drug-likeness (QED) is 0.452. The molecule has 2 aromatic carbocycles. The summed E-state index contributed by atoms with van der Waals surface area (Å²) in [5.41, 5.74) is 2.78. The molecule has 1 amide bonds. The Morgan fingerprint density at radius 3 is 2.87 bits per heavy atom. The van der Waals surface area contributed by atoms with Gasteiger partial charge in [-0.05, 0) is 31.5 Å². The molecule has 1 atom stereocenters. The van der Waals surface area contributed by atoms with Crippen LogP contribution in [0.1, 0.15) is 12.5 Å². The van der Waals surface area contributed by atoms with Crippen LogP contribution < -0.4 is 14.8 Å². The molecule has 3 aromatic rings. The SMILES string of the molecule is C=CCn1c(SC(C)C(=O)Nc2ccc3c(c2)OCO3)nnc1-c1ccccc1C. The highest BCUT2D eigenvalue weighted by atomic mass is 32.2. The van der Waals surface area contributed by atoms with Crippen LogP contribution in [0.3, 0.4) is 0 Å². The molecule has 0 spiro atoms. The number of fused-ring (bicyclic) bond motifs is 1.